The zero-order valence-electron chi connectivity index (χ0n) is 12.2. The molecular weight excluding hydrogens is 293 g/mol. The van der Waals surface area contributed by atoms with Gasteiger partial charge in [-0.3, -0.25) is 4.79 Å². The molecule has 8 nitrogen and oxygen atoms in total. The summed E-state index contributed by atoms with van der Waals surface area (Å²) in [6.45, 7) is 3.75. The van der Waals surface area contributed by atoms with Crippen LogP contribution in [0.4, 0.5) is 10.4 Å². The van der Waals surface area contributed by atoms with Crippen molar-refractivity contribution in [3.63, 3.8) is 0 Å². The Kier molecular flexibility index (Phi) is 3.78. The number of hydrogen-bond acceptors (Lipinski definition) is 7. The second-order valence-corrected chi connectivity index (χ2v) is 5.21. The van der Waals surface area contributed by atoms with Gasteiger partial charge in [0.25, 0.3) is 5.91 Å². The van der Waals surface area contributed by atoms with Crippen molar-refractivity contribution in [2.45, 2.75) is 32.5 Å². The topological polar surface area (TPSA) is 97.3 Å². The first-order valence-electron chi connectivity index (χ1n) is 6.93. The molecule has 9 heteroatoms. The number of rotatable bonds is 4. The van der Waals surface area contributed by atoms with Crippen LogP contribution < -0.4 is 10.2 Å². The first-order chi connectivity index (χ1) is 10.5. The minimum absolute atomic E-state index is 0.172. The number of carbonyl (C=O) groups is 1. The van der Waals surface area contributed by atoms with Gasteiger partial charge in [-0.25, -0.2) is 9.37 Å². The van der Waals surface area contributed by atoms with Gasteiger partial charge in [0.1, 0.15) is 11.9 Å². The van der Waals surface area contributed by atoms with Crippen molar-refractivity contribution in [3.05, 3.63) is 23.7 Å². The van der Waals surface area contributed by atoms with E-state index in [-0.39, 0.29) is 36.7 Å². The van der Waals surface area contributed by atoms with Crippen molar-refractivity contribution >= 4 is 11.9 Å². The highest BCUT2D eigenvalue weighted by molar-refractivity contribution is 5.93. The molecule has 22 heavy (non-hydrogen) atoms. The number of halogens is 1. The standard InChI is InChI=1S/C13H16FN5O3/c1-7-11(16-6-21-7)12(20)15-4-10-3-9(14)5-19(10)13-18-17-8(2)22-13/h6,9-10H,3-5H2,1-2H3,(H,15,20)/t9-,10-/m0/s1. The molecule has 2 aromatic rings. The number of aromatic nitrogens is 3. The van der Waals surface area contributed by atoms with Crippen LogP contribution in [0, 0.1) is 13.8 Å². The van der Waals surface area contributed by atoms with E-state index in [9.17, 15) is 9.18 Å². The number of carbonyl (C=O) groups excluding carboxylic acids is 1. The average Bonchev–Trinajstić information content (AvgIpc) is 3.16. The molecule has 3 heterocycles. The molecule has 1 amide bonds. The van der Waals surface area contributed by atoms with Crippen molar-refractivity contribution in [2.24, 2.45) is 0 Å². The third-order valence-corrected chi connectivity index (χ3v) is 3.58. The Balaban J connectivity index is 1.65. The van der Waals surface area contributed by atoms with Crippen LogP contribution in [0.1, 0.15) is 28.6 Å². The zero-order valence-corrected chi connectivity index (χ0v) is 12.2. The summed E-state index contributed by atoms with van der Waals surface area (Å²) in [6, 6.07) is 0.0283. The van der Waals surface area contributed by atoms with Crippen molar-refractivity contribution < 1.29 is 18.0 Å². The molecule has 2 atom stereocenters. The summed E-state index contributed by atoms with van der Waals surface area (Å²) in [7, 11) is 0. The average molecular weight is 309 g/mol. The monoisotopic (exact) mass is 309 g/mol. The fourth-order valence-electron chi connectivity index (χ4n) is 2.51. The van der Waals surface area contributed by atoms with E-state index in [1.807, 2.05) is 0 Å². The summed E-state index contributed by atoms with van der Waals surface area (Å²) in [5, 5.41) is 10.4. The highest BCUT2D eigenvalue weighted by Crippen LogP contribution is 2.25. The highest BCUT2D eigenvalue weighted by Gasteiger charge is 2.35. The van der Waals surface area contributed by atoms with Crippen molar-refractivity contribution in [1.82, 2.24) is 20.5 Å². The van der Waals surface area contributed by atoms with Gasteiger partial charge in [0, 0.05) is 19.9 Å². The molecule has 0 bridgehead atoms. The van der Waals surface area contributed by atoms with Gasteiger partial charge in [-0.15, -0.1) is 5.10 Å². The predicted molar refractivity (Wildman–Crippen MR) is 73.3 cm³/mol. The number of nitrogens with zero attached hydrogens (tertiary/aromatic N) is 4. The molecule has 0 radical (unpaired) electrons. The normalized spacial score (nSPS) is 21.3. The molecule has 0 aliphatic carbocycles. The second kappa shape index (κ2) is 5.74. The van der Waals surface area contributed by atoms with Gasteiger partial charge in [0.2, 0.25) is 5.89 Å². The summed E-state index contributed by atoms with van der Waals surface area (Å²) < 4.78 is 24.0. The molecule has 1 saturated heterocycles. The summed E-state index contributed by atoms with van der Waals surface area (Å²) in [5.74, 6) is 0.505. The SMILES string of the molecule is Cc1nnc(N2C[C@@H](F)C[C@H]2CNC(=O)c2ncoc2C)o1. The molecule has 0 spiro atoms. The van der Waals surface area contributed by atoms with E-state index in [2.05, 4.69) is 20.5 Å². The first-order valence-corrected chi connectivity index (χ1v) is 6.93. The zero-order chi connectivity index (χ0) is 15.7. The van der Waals surface area contributed by atoms with Crippen LogP contribution in [-0.4, -0.2) is 46.4 Å². The molecule has 0 unspecified atom stereocenters. The van der Waals surface area contributed by atoms with Crippen LogP contribution in [-0.2, 0) is 0 Å². The summed E-state index contributed by atoms with van der Waals surface area (Å²) >= 11 is 0. The molecule has 2 aromatic heterocycles. The third-order valence-electron chi connectivity index (χ3n) is 3.58. The van der Waals surface area contributed by atoms with E-state index in [4.69, 9.17) is 8.83 Å². The maximum Gasteiger partial charge on any atom is 0.318 e. The number of anilines is 1. The Morgan fingerprint density at radius 3 is 2.95 bits per heavy atom. The van der Waals surface area contributed by atoms with Crippen LogP contribution in [0.5, 0.6) is 0 Å². The number of alkyl halides is 1. The highest BCUT2D eigenvalue weighted by atomic mass is 19.1. The summed E-state index contributed by atoms with van der Waals surface area (Å²) in [4.78, 5) is 17.5. The molecule has 1 aliphatic rings. The Labute approximate surface area is 125 Å². The number of oxazole rings is 1. The molecule has 0 saturated carbocycles. The predicted octanol–water partition coefficient (Wildman–Crippen LogP) is 1.02. The molecule has 1 aliphatic heterocycles. The number of aryl methyl sites for hydroxylation is 2. The molecular formula is C13H16FN5O3. The Hall–Kier alpha value is -2.45. The third kappa shape index (κ3) is 2.78. The van der Waals surface area contributed by atoms with Crippen LogP contribution >= 0.6 is 0 Å². The molecule has 0 aromatic carbocycles. The van der Waals surface area contributed by atoms with E-state index in [1.54, 1.807) is 18.7 Å². The van der Waals surface area contributed by atoms with Gasteiger partial charge in [-0.05, 0) is 6.92 Å². The Morgan fingerprint density at radius 2 is 2.32 bits per heavy atom. The van der Waals surface area contributed by atoms with Gasteiger partial charge in [-0.2, -0.15) is 0 Å². The lowest BCUT2D eigenvalue weighted by atomic mass is 10.2. The van der Waals surface area contributed by atoms with Gasteiger partial charge in [-0.1, -0.05) is 5.10 Å². The second-order valence-electron chi connectivity index (χ2n) is 5.21. The van der Waals surface area contributed by atoms with E-state index >= 15 is 0 Å². The summed E-state index contributed by atoms with van der Waals surface area (Å²) in [6.07, 6.45) is 0.507. The van der Waals surface area contributed by atoms with Crippen LogP contribution in [0.3, 0.4) is 0 Å². The van der Waals surface area contributed by atoms with Crippen LogP contribution in [0.15, 0.2) is 15.2 Å². The largest absolute Gasteiger partial charge is 0.448 e. The van der Waals surface area contributed by atoms with Gasteiger partial charge >= 0.3 is 6.01 Å². The quantitative estimate of drug-likeness (QED) is 0.900. The van der Waals surface area contributed by atoms with E-state index in [0.29, 0.717) is 18.1 Å². The maximum absolute atomic E-state index is 13.7. The van der Waals surface area contributed by atoms with Crippen LogP contribution in [0.25, 0.3) is 0 Å². The van der Waals surface area contributed by atoms with E-state index < -0.39 is 6.17 Å². The minimum atomic E-state index is -0.997. The molecule has 118 valence electrons. The van der Waals surface area contributed by atoms with Crippen molar-refractivity contribution in [1.29, 1.82) is 0 Å². The van der Waals surface area contributed by atoms with E-state index in [1.165, 1.54) is 6.39 Å². The van der Waals surface area contributed by atoms with Gasteiger partial charge in [0.15, 0.2) is 12.1 Å². The van der Waals surface area contributed by atoms with Crippen LogP contribution in [0.2, 0.25) is 0 Å². The fourth-order valence-corrected chi connectivity index (χ4v) is 2.51. The lowest BCUT2D eigenvalue weighted by Crippen LogP contribution is -2.40. The summed E-state index contributed by atoms with van der Waals surface area (Å²) in [5.41, 5.74) is 0.231. The van der Waals surface area contributed by atoms with E-state index in [0.717, 1.165) is 0 Å². The lowest BCUT2D eigenvalue weighted by molar-refractivity contribution is 0.0945. The minimum Gasteiger partial charge on any atom is -0.448 e. The van der Waals surface area contributed by atoms with Gasteiger partial charge in [0.05, 0.1) is 12.6 Å². The molecule has 1 fully saturated rings. The smallest absolute Gasteiger partial charge is 0.318 e. The first kappa shape index (κ1) is 14.5. The Morgan fingerprint density at radius 1 is 1.50 bits per heavy atom. The number of amides is 1. The fraction of sp³-hybridized carbons (Fsp3) is 0.538. The molecule has 3 rings (SSSR count). The number of nitrogens with one attached hydrogen (secondary N) is 1. The van der Waals surface area contributed by atoms with Crippen molar-refractivity contribution in [3.8, 4) is 0 Å². The Bertz CT molecular complexity index is 670. The maximum atomic E-state index is 13.7. The molecule has 1 N–H and O–H groups in total. The number of hydrogen-bond donors (Lipinski definition) is 1. The lowest BCUT2D eigenvalue weighted by Gasteiger charge is -2.21. The van der Waals surface area contributed by atoms with Gasteiger partial charge < -0.3 is 19.1 Å². The van der Waals surface area contributed by atoms with Crippen molar-refractivity contribution in [2.75, 3.05) is 18.0 Å².